The molecule has 0 spiro atoms. The van der Waals surface area contributed by atoms with Crippen molar-refractivity contribution < 1.29 is 13.2 Å². The van der Waals surface area contributed by atoms with Gasteiger partial charge in [0.15, 0.2) is 0 Å². The van der Waals surface area contributed by atoms with Crippen LogP contribution < -0.4 is 5.32 Å². The van der Waals surface area contributed by atoms with Gasteiger partial charge < -0.3 is 9.88 Å². The summed E-state index contributed by atoms with van der Waals surface area (Å²) in [4.78, 5) is 16.8. The van der Waals surface area contributed by atoms with Crippen LogP contribution in [0.15, 0.2) is 64.7 Å². The largest absolute Gasteiger partial charge is 0.333 e. The standard InChI is InChI=1S/C20H22N4O3S2/c25-20(22-18-6-1-4-16(12-18)13-23-10-8-21-15-23)17-5-2-9-24(14-17)29(26,27)19-7-3-11-28-19/h1,3-4,6-8,10-12,15,17H,2,5,9,13-14H2,(H,22,25). The van der Waals surface area contributed by atoms with Crippen LogP contribution in [0.1, 0.15) is 18.4 Å². The van der Waals surface area contributed by atoms with Crippen LogP contribution in [0.2, 0.25) is 0 Å². The molecule has 0 aliphatic carbocycles. The van der Waals surface area contributed by atoms with Crippen LogP contribution >= 0.6 is 11.3 Å². The zero-order valence-electron chi connectivity index (χ0n) is 15.8. The van der Waals surface area contributed by atoms with Gasteiger partial charge in [0.2, 0.25) is 5.91 Å². The molecule has 1 aliphatic rings. The van der Waals surface area contributed by atoms with E-state index in [4.69, 9.17) is 0 Å². The van der Waals surface area contributed by atoms with Gasteiger partial charge in [0, 0.05) is 37.7 Å². The number of carbonyl (C=O) groups excluding carboxylic acids is 1. The van der Waals surface area contributed by atoms with E-state index in [0.717, 1.165) is 5.56 Å². The summed E-state index contributed by atoms with van der Waals surface area (Å²) in [5.41, 5.74) is 1.76. The number of amides is 1. The molecule has 4 rings (SSSR count). The van der Waals surface area contributed by atoms with Crippen LogP contribution in [0.25, 0.3) is 0 Å². The Morgan fingerprint density at radius 1 is 1.28 bits per heavy atom. The molecule has 1 fully saturated rings. The molecule has 2 aromatic heterocycles. The van der Waals surface area contributed by atoms with Crippen molar-refractivity contribution in [3.63, 3.8) is 0 Å². The lowest BCUT2D eigenvalue weighted by Crippen LogP contribution is -2.43. The number of sulfonamides is 1. The minimum absolute atomic E-state index is 0.143. The third kappa shape index (κ3) is 4.58. The number of aromatic nitrogens is 2. The van der Waals surface area contributed by atoms with Gasteiger partial charge in [-0.15, -0.1) is 11.3 Å². The second-order valence-corrected chi connectivity index (χ2v) is 10.2. The normalized spacial score (nSPS) is 17.9. The van der Waals surface area contributed by atoms with Crippen LogP contribution in [0.5, 0.6) is 0 Å². The number of nitrogens with one attached hydrogen (secondary N) is 1. The van der Waals surface area contributed by atoms with Crippen molar-refractivity contribution in [3.05, 3.63) is 66.1 Å². The minimum atomic E-state index is -3.53. The number of anilines is 1. The monoisotopic (exact) mass is 430 g/mol. The molecule has 9 heteroatoms. The van der Waals surface area contributed by atoms with Gasteiger partial charge in [-0.1, -0.05) is 18.2 Å². The summed E-state index contributed by atoms with van der Waals surface area (Å²) in [5.74, 6) is -0.508. The number of imidazole rings is 1. The van der Waals surface area contributed by atoms with Gasteiger partial charge in [-0.3, -0.25) is 4.79 Å². The van der Waals surface area contributed by atoms with Gasteiger partial charge in [-0.25, -0.2) is 13.4 Å². The highest BCUT2D eigenvalue weighted by atomic mass is 32.2. The summed E-state index contributed by atoms with van der Waals surface area (Å²) in [5, 5.41) is 4.70. The maximum absolute atomic E-state index is 12.8. The molecule has 3 aromatic rings. The van der Waals surface area contributed by atoms with Gasteiger partial charge in [0.25, 0.3) is 10.0 Å². The average Bonchev–Trinajstić information content (AvgIpc) is 3.43. The first-order chi connectivity index (χ1) is 14.0. The molecule has 29 heavy (non-hydrogen) atoms. The van der Waals surface area contributed by atoms with Gasteiger partial charge in [0.1, 0.15) is 4.21 Å². The highest BCUT2D eigenvalue weighted by Crippen LogP contribution is 2.27. The average molecular weight is 431 g/mol. The Kier molecular flexibility index (Phi) is 5.79. The summed E-state index contributed by atoms with van der Waals surface area (Å²) in [6, 6.07) is 11.0. The van der Waals surface area contributed by atoms with Gasteiger partial charge in [0.05, 0.1) is 12.2 Å². The third-order valence-corrected chi connectivity index (χ3v) is 8.20. The number of thiophene rings is 1. The van der Waals surface area contributed by atoms with Gasteiger partial charge in [-0.05, 0) is 42.0 Å². The van der Waals surface area contributed by atoms with Gasteiger partial charge in [-0.2, -0.15) is 4.31 Å². The summed E-state index contributed by atoms with van der Waals surface area (Å²) < 4.78 is 29.2. The van der Waals surface area contributed by atoms with Crippen LogP contribution in [0.4, 0.5) is 5.69 Å². The quantitative estimate of drug-likeness (QED) is 0.651. The first kappa shape index (κ1) is 19.8. The van der Waals surface area contributed by atoms with E-state index in [1.54, 1.807) is 30.0 Å². The van der Waals surface area contributed by atoms with E-state index in [2.05, 4.69) is 10.3 Å². The molecule has 1 saturated heterocycles. The maximum atomic E-state index is 12.8. The third-order valence-electron chi connectivity index (χ3n) is 4.96. The predicted octanol–water partition coefficient (Wildman–Crippen LogP) is 3.03. The van der Waals surface area contributed by atoms with E-state index in [-0.39, 0.29) is 18.4 Å². The molecule has 0 saturated carbocycles. The number of nitrogens with zero attached hydrogens (tertiary/aromatic N) is 3. The fourth-order valence-corrected chi connectivity index (χ4v) is 6.16. The Morgan fingerprint density at radius 3 is 2.93 bits per heavy atom. The molecule has 1 amide bonds. The van der Waals surface area contributed by atoms with Crippen LogP contribution in [-0.4, -0.2) is 41.3 Å². The Morgan fingerprint density at radius 2 is 2.17 bits per heavy atom. The lowest BCUT2D eigenvalue weighted by molar-refractivity contribution is -0.120. The number of piperidine rings is 1. The Labute approximate surface area is 174 Å². The molecule has 1 unspecified atom stereocenters. The zero-order chi connectivity index (χ0) is 20.3. The topological polar surface area (TPSA) is 84.3 Å². The predicted molar refractivity (Wildman–Crippen MR) is 112 cm³/mol. The lowest BCUT2D eigenvalue weighted by atomic mass is 9.98. The van der Waals surface area contributed by atoms with Crippen LogP contribution in [0.3, 0.4) is 0 Å². The van der Waals surface area contributed by atoms with E-state index >= 15 is 0 Å². The van der Waals surface area contributed by atoms with Crippen molar-refractivity contribution >= 4 is 33.0 Å². The molecule has 0 bridgehead atoms. The number of hydrogen-bond acceptors (Lipinski definition) is 5. The van der Waals surface area contributed by atoms with E-state index in [1.165, 1.54) is 15.6 Å². The number of benzene rings is 1. The maximum Gasteiger partial charge on any atom is 0.252 e. The van der Waals surface area contributed by atoms with E-state index in [1.807, 2.05) is 35.0 Å². The first-order valence-electron chi connectivity index (χ1n) is 9.41. The Balaban J connectivity index is 1.42. The fraction of sp³-hybridized carbons (Fsp3) is 0.300. The van der Waals surface area contributed by atoms with Crippen molar-refractivity contribution in [2.45, 2.75) is 23.6 Å². The smallest absolute Gasteiger partial charge is 0.252 e. The van der Waals surface area contributed by atoms with Crippen molar-refractivity contribution in [1.82, 2.24) is 13.9 Å². The molecule has 7 nitrogen and oxygen atoms in total. The van der Waals surface area contributed by atoms with E-state index in [0.29, 0.717) is 35.8 Å². The molecule has 1 aliphatic heterocycles. The second-order valence-electron chi connectivity index (χ2n) is 7.06. The molecule has 1 atom stereocenters. The number of carbonyl (C=O) groups is 1. The Hall–Kier alpha value is -2.49. The van der Waals surface area contributed by atoms with Crippen LogP contribution in [0, 0.1) is 5.92 Å². The zero-order valence-corrected chi connectivity index (χ0v) is 17.4. The lowest BCUT2D eigenvalue weighted by Gasteiger charge is -2.30. The number of rotatable bonds is 6. The summed E-state index contributed by atoms with van der Waals surface area (Å²) in [6.45, 7) is 1.32. The van der Waals surface area contributed by atoms with E-state index < -0.39 is 10.0 Å². The van der Waals surface area contributed by atoms with Gasteiger partial charge >= 0.3 is 0 Å². The summed E-state index contributed by atoms with van der Waals surface area (Å²) in [6.07, 6.45) is 6.71. The molecule has 1 N–H and O–H groups in total. The molecular formula is C20H22N4O3S2. The summed E-state index contributed by atoms with van der Waals surface area (Å²) in [7, 11) is -3.53. The van der Waals surface area contributed by atoms with Crippen molar-refractivity contribution in [1.29, 1.82) is 0 Å². The highest BCUT2D eigenvalue weighted by Gasteiger charge is 2.33. The van der Waals surface area contributed by atoms with Crippen molar-refractivity contribution in [3.8, 4) is 0 Å². The fourth-order valence-electron chi connectivity index (χ4n) is 3.50. The van der Waals surface area contributed by atoms with Crippen molar-refractivity contribution in [2.24, 2.45) is 5.92 Å². The Bertz CT molecular complexity index is 1060. The van der Waals surface area contributed by atoms with E-state index in [9.17, 15) is 13.2 Å². The molecule has 152 valence electrons. The molecule has 0 radical (unpaired) electrons. The first-order valence-corrected chi connectivity index (χ1v) is 11.7. The number of hydrogen-bond donors (Lipinski definition) is 1. The summed E-state index contributed by atoms with van der Waals surface area (Å²) >= 11 is 1.20. The highest BCUT2D eigenvalue weighted by molar-refractivity contribution is 7.91. The van der Waals surface area contributed by atoms with Crippen molar-refractivity contribution in [2.75, 3.05) is 18.4 Å². The van der Waals surface area contributed by atoms with Crippen LogP contribution in [-0.2, 0) is 21.4 Å². The minimum Gasteiger partial charge on any atom is -0.333 e. The molecule has 3 heterocycles. The molecular weight excluding hydrogens is 408 g/mol. The second kappa shape index (κ2) is 8.48. The molecule has 1 aromatic carbocycles. The SMILES string of the molecule is O=C(Nc1cccc(Cn2ccnc2)c1)C1CCCN(S(=O)(=O)c2cccs2)C1.